The Bertz CT molecular complexity index is 60.3. The zero-order valence-electron chi connectivity index (χ0n) is 7.61. The molecule has 0 N–H and O–H groups in total. The summed E-state index contributed by atoms with van der Waals surface area (Å²) >= 11 is -0.760. The molecule has 0 heterocycles. The molecule has 0 aromatic heterocycles. The summed E-state index contributed by atoms with van der Waals surface area (Å²) in [6.45, 7) is 9.46. The van der Waals surface area contributed by atoms with Crippen LogP contribution in [0, 0.1) is 5.92 Å². The topological polar surface area (TPSA) is 0 Å². The number of rotatable bonds is 4. The van der Waals surface area contributed by atoms with E-state index in [1.807, 2.05) is 0 Å². The van der Waals surface area contributed by atoms with E-state index in [2.05, 4.69) is 27.7 Å². The van der Waals surface area contributed by atoms with Gasteiger partial charge in [0.05, 0.1) is 0 Å². The average Bonchev–Trinajstić information content (AvgIpc) is 1.82. The molecule has 0 aliphatic heterocycles. The van der Waals surface area contributed by atoms with Crippen LogP contribution in [0.4, 0.5) is 0 Å². The normalized spacial score (nSPS) is 10.2. The molecule has 0 rings (SSSR count). The summed E-state index contributed by atoms with van der Waals surface area (Å²) in [6.07, 6.45) is 0. The molecule has 10 heavy (non-hydrogen) atoms. The van der Waals surface area contributed by atoms with Crippen molar-refractivity contribution in [2.45, 2.75) is 41.0 Å². The summed E-state index contributed by atoms with van der Waals surface area (Å²) in [6, 6.07) is 0. The quantitative estimate of drug-likeness (QED) is 0.693. The van der Waals surface area contributed by atoms with Crippen LogP contribution < -0.4 is 0 Å². The van der Waals surface area contributed by atoms with E-state index in [4.69, 9.17) is 0 Å². The van der Waals surface area contributed by atoms with Crippen LogP contribution in [0.1, 0.15) is 27.7 Å². The van der Waals surface area contributed by atoms with Crippen molar-refractivity contribution in [3.8, 4) is 0 Å². The van der Waals surface area contributed by atoms with Crippen LogP contribution in [0.15, 0.2) is 0 Å². The van der Waals surface area contributed by atoms with Gasteiger partial charge in [-0.15, -0.1) is 17.0 Å². The van der Waals surface area contributed by atoms with Gasteiger partial charge in [-0.25, -0.2) is 0 Å². The van der Waals surface area contributed by atoms with E-state index in [0.29, 0.717) is 0 Å². The Kier molecular flexibility index (Phi) is 11.6. The first-order valence-electron chi connectivity index (χ1n) is 4.04. The van der Waals surface area contributed by atoms with Crippen LogP contribution >= 0.6 is 17.0 Å². The van der Waals surface area contributed by atoms with Crippen LogP contribution in [0.2, 0.25) is 13.3 Å². The Hall–Kier alpha value is 1.28. The summed E-state index contributed by atoms with van der Waals surface area (Å²) in [5.41, 5.74) is 0. The standard InChI is InChI=1S/C4H9.2C2H5.BrH.Sn/c1-4(2)3;2*1-2;;/h4H,1H2,2-3H3;2*1H2,2H3;1H;. The summed E-state index contributed by atoms with van der Waals surface area (Å²) in [7, 11) is 0. The minimum absolute atomic E-state index is 0. The molecule has 0 aliphatic rings. The fourth-order valence-corrected chi connectivity index (χ4v) is 7.49. The van der Waals surface area contributed by atoms with E-state index >= 15 is 0 Å². The average molecular weight is 315 g/mol. The third-order valence-corrected chi connectivity index (χ3v) is 11.4. The van der Waals surface area contributed by atoms with Crippen LogP contribution in [0.25, 0.3) is 0 Å². The zero-order valence-corrected chi connectivity index (χ0v) is 12.2. The Morgan fingerprint density at radius 2 is 1.50 bits per heavy atom. The maximum atomic E-state index is 2.38. The van der Waals surface area contributed by atoms with Gasteiger partial charge in [-0.1, -0.05) is 0 Å². The number of hydrogen-bond donors (Lipinski definition) is 0. The molecule has 0 aliphatic carbocycles. The zero-order chi connectivity index (χ0) is 7.28. The molecule has 2 heteroatoms. The first-order valence-corrected chi connectivity index (χ1v) is 10.1. The Morgan fingerprint density at radius 1 is 1.10 bits per heavy atom. The van der Waals surface area contributed by atoms with E-state index in [9.17, 15) is 0 Å². The van der Waals surface area contributed by atoms with Crippen molar-refractivity contribution in [1.82, 2.24) is 0 Å². The van der Waals surface area contributed by atoms with E-state index in [1.165, 1.54) is 0 Å². The van der Waals surface area contributed by atoms with Crippen molar-refractivity contribution in [3.05, 3.63) is 0 Å². The van der Waals surface area contributed by atoms with E-state index < -0.39 is 19.8 Å². The van der Waals surface area contributed by atoms with Crippen LogP contribution in [0.5, 0.6) is 0 Å². The monoisotopic (exact) mass is 315 g/mol. The van der Waals surface area contributed by atoms with E-state index in [1.54, 1.807) is 13.3 Å². The van der Waals surface area contributed by atoms with Gasteiger partial charge in [0.15, 0.2) is 0 Å². The molecule has 0 saturated carbocycles. The van der Waals surface area contributed by atoms with Crippen molar-refractivity contribution in [3.63, 3.8) is 0 Å². The van der Waals surface area contributed by atoms with Gasteiger partial charge >= 0.3 is 66.7 Å². The summed E-state index contributed by atoms with van der Waals surface area (Å²) in [4.78, 5) is 0. The molecule has 0 unspecified atom stereocenters. The van der Waals surface area contributed by atoms with Gasteiger partial charge in [0.1, 0.15) is 0 Å². The van der Waals surface area contributed by atoms with Gasteiger partial charge in [0, 0.05) is 0 Å². The third-order valence-electron chi connectivity index (χ3n) is 1.70. The minimum atomic E-state index is -0.760. The molecular formula is C8H20BrSn. The fourth-order valence-electron chi connectivity index (χ4n) is 1.12. The molecule has 0 fully saturated rings. The molecule has 0 saturated heterocycles. The molecule has 1 radical (unpaired) electrons. The maximum absolute atomic E-state index is 2.38. The van der Waals surface area contributed by atoms with Gasteiger partial charge in [-0.2, -0.15) is 0 Å². The van der Waals surface area contributed by atoms with Crippen molar-refractivity contribution in [1.29, 1.82) is 0 Å². The van der Waals surface area contributed by atoms with Crippen LogP contribution in [-0.4, -0.2) is 19.8 Å². The predicted octanol–water partition coefficient (Wildman–Crippen LogP) is 3.75. The fraction of sp³-hybridized carbons (Fsp3) is 1.00. The van der Waals surface area contributed by atoms with Crippen LogP contribution in [0.3, 0.4) is 0 Å². The molecule has 0 bridgehead atoms. The second-order valence-corrected chi connectivity index (χ2v) is 12.5. The first kappa shape index (κ1) is 13.8. The van der Waals surface area contributed by atoms with Crippen LogP contribution in [-0.2, 0) is 0 Å². The third kappa shape index (κ3) is 7.39. The molecule has 0 aromatic rings. The molecular weight excluding hydrogens is 295 g/mol. The summed E-state index contributed by atoms with van der Waals surface area (Å²) in [5, 5.41) is 0. The van der Waals surface area contributed by atoms with Gasteiger partial charge in [-0.3, -0.25) is 0 Å². The van der Waals surface area contributed by atoms with Gasteiger partial charge < -0.3 is 0 Å². The summed E-state index contributed by atoms with van der Waals surface area (Å²) in [5.74, 6) is 0.972. The molecule has 0 atom stereocenters. The number of halogens is 1. The first-order chi connectivity index (χ1) is 4.20. The Balaban J connectivity index is 0. The van der Waals surface area contributed by atoms with E-state index in [-0.39, 0.29) is 17.0 Å². The van der Waals surface area contributed by atoms with Gasteiger partial charge in [-0.05, 0) is 0 Å². The molecule has 0 nitrogen and oxygen atoms in total. The molecule has 0 amide bonds. The molecule has 63 valence electrons. The van der Waals surface area contributed by atoms with Crippen molar-refractivity contribution in [2.24, 2.45) is 5.92 Å². The molecule has 0 spiro atoms. The van der Waals surface area contributed by atoms with Crippen molar-refractivity contribution in [2.75, 3.05) is 0 Å². The molecule has 0 aromatic carbocycles. The second-order valence-electron chi connectivity index (χ2n) is 3.06. The Morgan fingerprint density at radius 3 is 1.60 bits per heavy atom. The van der Waals surface area contributed by atoms with Gasteiger partial charge in [0.2, 0.25) is 0 Å². The SMILES string of the molecule is Br.C[CH2][Sn]([CH2]C)[CH2]C(C)C. The van der Waals surface area contributed by atoms with Crippen molar-refractivity contribution >= 4 is 36.7 Å². The van der Waals surface area contributed by atoms with Gasteiger partial charge in [0.25, 0.3) is 0 Å². The number of hydrogen-bond acceptors (Lipinski definition) is 0. The second kappa shape index (κ2) is 8.38. The van der Waals surface area contributed by atoms with E-state index in [0.717, 1.165) is 5.92 Å². The summed E-state index contributed by atoms with van der Waals surface area (Å²) < 4.78 is 4.71. The predicted molar refractivity (Wildman–Crippen MR) is 56.7 cm³/mol. The van der Waals surface area contributed by atoms with Crippen molar-refractivity contribution < 1.29 is 0 Å². The Labute approximate surface area is 83.3 Å².